The van der Waals surface area contributed by atoms with Gasteiger partial charge in [-0.05, 0) is 18.4 Å². The molecule has 0 saturated carbocycles. The molecule has 80 valence electrons. The Balaban J connectivity index is 2.35. The minimum atomic E-state index is 0.685. The van der Waals surface area contributed by atoms with Crippen LogP contribution in [-0.4, -0.2) is 15.0 Å². The molecule has 0 atom stereocenters. The van der Waals surface area contributed by atoms with Gasteiger partial charge in [0.2, 0.25) is 0 Å². The lowest BCUT2D eigenvalue weighted by Crippen LogP contribution is -1.80. The van der Waals surface area contributed by atoms with E-state index >= 15 is 0 Å². The lowest BCUT2D eigenvalue weighted by Gasteiger charge is -1.99. The topological polar surface area (TPSA) is 49.6 Å². The van der Waals surface area contributed by atoms with Gasteiger partial charge < -0.3 is 0 Å². The van der Waals surface area contributed by atoms with Crippen molar-refractivity contribution in [2.24, 2.45) is 0 Å². The first kappa shape index (κ1) is 11.5. The molecule has 6 heteroatoms. The number of nitrogens with zero attached hydrogens (tertiary/aromatic N) is 3. The smallest absolute Gasteiger partial charge is 0.152 e. The van der Waals surface area contributed by atoms with Crippen molar-refractivity contribution in [2.75, 3.05) is 6.26 Å². The van der Waals surface area contributed by atoms with E-state index < -0.39 is 0 Å². The zero-order chi connectivity index (χ0) is 11.4. The summed E-state index contributed by atoms with van der Waals surface area (Å²) in [6, 6.07) is 8.09. The van der Waals surface area contributed by atoms with Crippen LogP contribution in [0.1, 0.15) is 0 Å². The number of hydrogen-bond acceptors (Lipinski definition) is 6. The van der Waals surface area contributed by atoms with Crippen molar-refractivity contribution in [3.63, 3.8) is 0 Å². The molecule has 16 heavy (non-hydrogen) atoms. The number of thiocyanates is 1. The summed E-state index contributed by atoms with van der Waals surface area (Å²) in [5.41, 5.74) is 1.80. The SMILES string of the molecule is CSc1ccc(-c2nsnc2SC#N)cc1. The normalized spacial score (nSPS) is 10.0. The average Bonchev–Trinajstić information content (AvgIpc) is 2.78. The summed E-state index contributed by atoms with van der Waals surface area (Å²) in [7, 11) is 0. The molecular weight excluding hydrogens is 258 g/mol. The van der Waals surface area contributed by atoms with Crippen LogP contribution in [0.3, 0.4) is 0 Å². The maximum atomic E-state index is 8.64. The average molecular weight is 265 g/mol. The third kappa shape index (κ3) is 2.38. The van der Waals surface area contributed by atoms with E-state index in [9.17, 15) is 0 Å². The molecule has 1 heterocycles. The van der Waals surface area contributed by atoms with E-state index in [1.807, 2.05) is 35.9 Å². The van der Waals surface area contributed by atoms with Gasteiger partial charge in [0.1, 0.15) is 11.1 Å². The Morgan fingerprint density at radius 1 is 1.25 bits per heavy atom. The first-order valence-electron chi connectivity index (χ1n) is 4.38. The summed E-state index contributed by atoms with van der Waals surface area (Å²) in [6.45, 7) is 0. The number of thioether (sulfide) groups is 2. The molecule has 0 aliphatic carbocycles. The molecule has 0 aliphatic rings. The van der Waals surface area contributed by atoms with Crippen LogP contribution in [0, 0.1) is 10.7 Å². The molecule has 0 saturated heterocycles. The van der Waals surface area contributed by atoms with Gasteiger partial charge in [-0.2, -0.15) is 14.0 Å². The summed E-state index contributed by atoms with van der Waals surface area (Å²) in [6.07, 6.45) is 2.04. The van der Waals surface area contributed by atoms with E-state index in [1.54, 1.807) is 11.8 Å². The summed E-state index contributed by atoms with van der Waals surface area (Å²) in [5, 5.41) is 11.3. The number of nitriles is 1. The van der Waals surface area contributed by atoms with Gasteiger partial charge in [-0.15, -0.1) is 11.8 Å². The van der Waals surface area contributed by atoms with Gasteiger partial charge in [0.15, 0.2) is 5.03 Å². The van der Waals surface area contributed by atoms with Crippen molar-refractivity contribution in [3.8, 4) is 16.7 Å². The molecule has 2 rings (SSSR count). The number of aromatic nitrogens is 2. The predicted molar refractivity (Wildman–Crippen MR) is 68.6 cm³/mol. The number of benzene rings is 1. The van der Waals surface area contributed by atoms with Gasteiger partial charge in [-0.1, -0.05) is 12.1 Å². The van der Waals surface area contributed by atoms with E-state index in [0.717, 1.165) is 34.7 Å². The molecule has 0 N–H and O–H groups in total. The Labute approximate surface area is 106 Å². The standard InChI is InChI=1S/C10H7N3S3/c1-14-8-4-2-7(3-5-8)9-10(15-6-11)13-16-12-9/h2-5H,1H3. The highest BCUT2D eigenvalue weighted by molar-refractivity contribution is 8.03. The Kier molecular flexibility index (Phi) is 3.83. The molecule has 0 unspecified atom stereocenters. The summed E-state index contributed by atoms with van der Waals surface area (Å²) < 4.78 is 8.30. The molecule has 1 aromatic heterocycles. The first-order valence-corrected chi connectivity index (χ1v) is 7.15. The number of hydrogen-bond donors (Lipinski definition) is 0. The van der Waals surface area contributed by atoms with Crippen LogP contribution in [0.4, 0.5) is 0 Å². The van der Waals surface area contributed by atoms with Crippen LogP contribution in [0.2, 0.25) is 0 Å². The Morgan fingerprint density at radius 3 is 2.62 bits per heavy atom. The zero-order valence-electron chi connectivity index (χ0n) is 8.38. The summed E-state index contributed by atoms with van der Waals surface area (Å²) in [4.78, 5) is 1.21. The molecule has 0 aliphatic heterocycles. The highest BCUT2D eigenvalue weighted by Gasteiger charge is 2.10. The second-order valence-corrected chi connectivity index (χ2v) is 5.02. The van der Waals surface area contributed by atoms with Gasteiger partial charge in [0, 0.05) is 22.2 Å². The fraction of sp³-hybridized carbons (Fsp3) is 0.100. The highest BCUT2D eigenvalue weighted by Crippen LogP contribution is 2.29. The van der Waals surface area contributed by atoms with Gasteiger partial charge in [0.05, 0.1) is 11.7 Å². The van der Waals surface area contributed by atoms with Crippen LogP contribution in [0.25, 0.3) is 11.3 Å². The van der Waals surface area contributed by atoms with Gasteiger partial charge in [-0.25, -0.2) is 0 Å². The monoisotopic (exact) mass is 265 g/mol. The maximum Gasteiger partial charge on any atom is 0.152 e. The van der Waals surface area contributed by atoms with Crippen LogP contribution < -0.4 is 0 Å². The summed E-state index contributed by atoms with van der Waals surface area (Å²) in [5.74, 6) is 0. The molecule has 0 radical (unpaired) electrons. The third-order valence-electron chi connectivity index (χ3n) is 1.96. The largest absolute Gasteiger partial charge is 0.185 e. The molecule has 0 fully saturated rings. The van der Waals surface area contributed by atoms with Gasteiger partial charge in [0.25, 0.3) is 0 Å². The van der Waals surface area contributed by atoms with E-state index in [-0.39, 0.29) is 0 Å². The van der Waals surface area contributed by atoms with E-state index in [0.29, 0.717) is 5.03 Å². The Bertz CT molecular complexity index is 513. The Hall–Kier alpha value is -1.03. The lowest BCUT2D eigenvalue weighted by atomic mass is 10.2. The minimum Gasteiger partial charge on any atom is -0.185 e. The Morgan fingerprint density at radius 2 is 2.00 bits per heavy atom. The van der Waals surface area contributed by atoms with Crippen molar-refractivity contribution in [1.29, 1.82) is 5.26 Å². The van der Waals surface area contributed by atoms with Crippen molar-refractivity contribution >= 4 is 35.3 Å². The lowest BCUT2D eigenvalue weighted by molar-refractivity contribution is 1.27. The first-order chi connectivity index (χ1) is 7.85. The highest BCUT2D eigenvalue weighted by atomic mass is 32.2. The van der Waals surface area contributed by atoms with Crippen molar-refractivity contribution in [1.82, 2.24) is 8.75 Å². The van der Waals surface area contributed by atoms with Crippen LogP contribution >= 0.6 is 35.3 Å². The van der Waals surface area contributed by atoms with E-state index in [1.165, 1.54) is 4.90 Å². The molecule has 0 spiro atoms. The molecule has 0 bridgehead atoms. The predicted octanol–water partition coefficient (Wildman–Crippen LogP) is 3.50. The van der Waals surface area contributed by atoms with Crippen molar-refractivity contribution < 1.29 is 0 Å². The zero-order valence-corrected chi connectivity index (χ0v) is 10.8. The van der Waals surface area contributed by atoms with Crippen LogP contribution in [0.15, 0.2) is 34.2 Å². The maximum absolute atomic E-state index is 8.64. The van der Waals surface area contributed by atoms with Crippen molar-refractivity contribution in [3.05, 3.63) is 24.3 Å². The number of rotatable bonds is 3. The van der Waals surface area contributed by atoms with Gasteiger partial charge >= 0.3 is 0 Å². The third-order valence-corrected chi connectivity index (χ3v) is 3.92. The van der Waals surface area contributed by atoms with Crippen molar-refractivity contribution in [2.45, 2.75) is 9.92 Å². The summed E-state index contributed by atoms with van der Waals surface area (Å²) >= 11 is 3.88. The fourth-order valence-corrected chi connectivity index (χ4v) is 2.75. The molecule has 1 aromatic carbocycles. The fourth-order valence-electron chi connectivity index (χ4n) is 1.22. The molecule has 2 aromatic rings. The molecule has 3 nitrogen and oxygen atoms in total. The van der Waals surface area contributed by atoms with E-state index in [2.05, 4.69) is 8.75 Å². The van der Waals surface area contributed by atoms with Crippen LogP contribution in [-0.2, 0) is 0 Å². The quantitative estimate of drug-likeness (QED) is 0.628. The minimum absolute atomic E-state index is 0.685. The second-order valence-electron chi connectivity index (χ2n) is 2.84. The van der Waals surface area contributed by atoms with Crippen LogP contribution in [0.5, 0.6) is 0 Å². The second kappa shape index (κ2) is 5.34. The van der Waals surface area contributed by atoms with E-state index in [4.69, 9.17) is 5.26 Å². The molecular formula is C10H7N3S3. The molecule has 0 amide bonds. The van der Waals surface area contributed by atoms with Gasteiger partial charge in [-0.3, -0.25) is 0 Å².